The Hall–Kier alpha value is -4.08. The van der Waals surface area contributed by atoms with E-state index in [4.69, 9.17) is 0 Å². The molecule has 0 aliphatic carbocycles. The first kappa shape index (κ1) is 25.0. The number of nitrogens with zero attached hydrogens (tertiary/aromatic N) is 1. The van der Waals surface area contributed by atoms with Gasteiger partial charge in [-0.15, -0.1) is 0 Å². The number of urea groups is 1. The molecule has 0 aromatic heterocycles. The molecule has 4 rings (SSSR count). The fraction of sp³-hybridized carbons (Fsp3) is 0.231. The minimum atomic E-state index is -4.47. The molecule has 10 heteroatoms. The van der Waals surface area contributed by atoms with Crippen LogP contribution in [-0.2, 0) is 12.7 Å². The quantitative estimate of drug-likeness (QED) is 0.363. The molecule has 3 aromatic rings. The van der Waals surface area contributed by atoms with E-state index in [1.54, 1.807) is 30.3 Å². The fourth-order valence-corrected chi connectivity index (χ4v) is 3.95. The highest BCUT2D eigenvalue weighted by molar-refractivity contribution is 6.04. The number of nitrogens with one attached hydrogen (secondary N) is 3. The van der Waals surface area contributed by atoms with Crippen LogP contribution in [0.2, 0.25) is 0 Å². The van der Waals surface area contributed by atoms with Gasteiger partial charge in [-0.3, -0.25) is 4.79 Å². The molecule has 188 valence electrons. The molecule has 3 aromatic carbocycles. The average Bonchev–Trinajstić information content (AvgIpc) is 3.38. The van der Waals surface area contributed by atoms with E-state index >= 15 is 0 Å². The summed E-state index contributed by atoms with van der Waals surface area (Å²) in [7, 11) is 0. The number of hydrogen-bond donors (Lipinski definition) is 3. The Labute approximate surface area is 205 Å². The van der Waals surface area contributed by atoms with Crippen molar-refractivity contribution in [3.63, 3.8) is 0 Å². The van der Waals surface area contributed by atoms with Gasteiger partial charge >= 0.3 is 12.2 Å². The third-order valence-electron chi connectivity index (χ3n) is 5.78. The fourth-order valence-electron chi connectivity index (χ4n) is 3.95. The molecule has 3 amide bonds. The van der Waals surface area contributed by atoms with Crippen molar-refractivity contribution in [3.8, 4) is 0 Å². The first-order chi connectivity index (χ1) is 17.2. The van der Waals surface area contributed by atoms with Gasteiger partial charge in [0.25, 0.3) is 5.91 Å². The zero-order valence-corrected chi connectivity index (χ0v) is 19.2. The Morgan fingerprint density at radius 2 is 1.44 bits per heavy atom. The summed E-state index contributed by atoms with van der Waals surface area (Å²) in [6, 6.07) is 14.2. The van der Waals surface area contributed by atoms with Crippen LogP contribution in [0.3, 0.4) is 0 Å². The molecule has 0 atom stereocenters. The largest absolute Gasteiger partial charge is 0.416 e. The lowest BCUT2D eigenvalue weighted by Crippen LogP contribution is -2.27. The van der Waals surface area contributed by atoms with Gasteiger partial charge in [0.2, 0.25) is 0 Å². The zero-order chi connectivity index (χ0) is 25.7. The molecular formula is C26H24F4N4O2. The topological polar surface area (TPSA) is 73.5 Å². The van der Waals surface area contributed by atoms with E-state index in [9.17, 15) is 27.2 Å². The minimum Gasteiger partial charge on any atom is -0.371 e. The van der Waals surface area contributed by atoms with Crippen LogP contribution < -0.4 is 20.9 Å². The van der Waals surface area contributed by atoms with Crippen molar-refractivity contribution < 1.29 is 27.2 Å². The van der Waals surface area contributed by atoms with Gasteiger partial charge in [-0.1, -0.05) is 12.1 Å². The Bertz CT molecular complexity index is 1220. The van der Waals surface area contributed by atoms with Crippen LogP contribution in [0.5, 0.6) is 0 Å². The number of amides is 3. The summed E-state index contributed by atoms with van der Waals surface area (Å²) < 4.78 is 51.4. The van der Waals surface area contributed by atoms with E-state index in [-0.39, 0.29) is 24.0 Å². The van der Waals surface area contributed by atoms with Gasteiger partial charge in [0, 0.05) is 36.7 Å². The van der Waals surface area contributed by atoms with E-state index in [0.29, 0.717) is 11.3 Å². The van der Waals surface area contributed by atoms with Crippen LogP contribution in [0, 0.1) is 5.82 Å². The summed E-state index contributed by atoms with van der Waals surface area (Å²) >= 11 is 0. The highest BCUT2D eigenvalue weighted by Gasteiger charge is 2.30. The number of halogens is 4. The van der Waals surface area contributed by atoms with E-state index in [1.807, 2.05) is 0 Å². The van der Waals surface area contributed by atoms with E-state index in [0.717, 1.165) is 61.4 Å². The lowest BCUT2D eigenvalue weighted by Gasteiger charge is -2.22. The number of anilines is 3. The Morgan fingerprint density at radius 1 is 0.833 bits per heavy atom. The van der Waals surface area contributed by atoms with Gasteiger partial charge in [-0.25, -0.2) is 9.18 Å². The van der Waals surface area contributed by atoms with E-state index < -0.39 is 17.8 Å². The summed E-state index contributed by atoms with van der Waals surface area (Å²) in [6.45, 7) is 1.81. The van der Waals surface area contributed by atoms with E-state index in [1.165, 1.54) is 12.1 Å². The van der Waals surface area contributed by atoms with Gasteiger partial charge in [0.15, 0.2) is 0 Å². The third kappa shape index (κ3) is 6.32. The second kappa shape index (κ2) is 10.7. The SMILES string of the molecule is O=C(Nc1ccc(C(F)(F)F)cc1)Nc1ccc(N2CCCC2)c(C(=O)NCc2ccc(F)cc2)c1. The molecule has 1 aliphatic rings. The van der Waals surface area contributed by atoms with Gasteiger partial charge in [-0.2, -0.15) is 13.2 Å². The normalized spacial score (nSPS) is 13.4. The molecular weight excluding hydrogens is 476 g/mol. The molecule has 0 radical (unpaired) electrons. The van der Waals surface area contributed by atoms with Crippen molar-refractivity contribution in [3.05, 3.63) is 89.2 Å². The number of rotatable bonds is 6. The van der Waals surface area contributed by atoms with Crippen molar-refractivity contribution in [2.45, 2.75) is 25.6 Å². The summed E-state index contributed by atoms with van der Waals surface area (Å²) in [4.78, 5) is 27.6. The van der Waals surface area contributed by atoms with Gasteiger partial charge in [-0.05, 0) is 73.0 Å². The standard InChI is InChI=1S/C26H24F4N4O2/c27-19-7-3-17(4-8-19)16-31-24(35)22-15-21(11-12-23(22)34-13-1-2-14-34)33-25(36)32-20-9-5-18(6-10-20)26(28,29)30/h3-12,15H,1-2,13-14,16H2,(H,31,35)(H2,32,33,36). The Morgan fingerprint density at radius 3 is 2.08 bits per heavy atom. The van der Waals surface area contributed by atoms with Gasteiger partial charge < -0.3 is 20.9 Å². The summed E-state index contributed by atoms with van der Waals surface area (Å²) in [5, 5.41) is 7.92. The van der Waals surface area contributed by atoms with Crippen LogP contribution >= 0.6 is 0 Å². The van der Waals surface area contributed by atoms with Crippen molar-refractivity contribution in [1.82, 2.24) is 5.32 Å². The number of carbonyl (C=O) groups is 2. The molecule has 1 saturated heterocycles. The second-order valence-corrected chi connectivity index (χ2v) is 8.39. The Balaban J connectivity index is 1.47. The zero-order valence-electron chi connectivity index (χ0n) is 19.2. The van der Waals surface area contributed by atoms with Crippen LogP contribution in [0.1, 0.15) is 34.3 Å². The first-order valence-corrected chi connectivity index (χ1v) is 11.4. The lowest BCUT2D eigenvalue weighted by molar-refractivity contribution is -0.137. The van der Waals surface area contributed by atoms with Crippen LogP contribution in [0.15, 0.2) is 66.7 Å². The van der Waals surface area contributed by atoms with Gasteiger partial charge in [0.05, 0.1) is 11.1 Å². The summed E-state index contributed by atoms with van der Waals surface area (Å²) in [5.41, 5.74) is 1.55. The Kier molecular flexibility index (Phi) is 7.42. The average molecular weight is 500 g/mol. The molecule has 1 aliphatic heterocycles. The molecule has 0 bridgehead atoms. The first-order valence-electron chi connectivity index (χ1n) is 11.4. The molecule has 3 N–H and O–H groups in total. The number of benzene rings is 3. The maximum atomic E-state index is 13.1. The summed E-state index contributed by atoms with van der Waals surface area (Å²) in [6.07, 6.45) is -2.45. The third-order valence-corrected chi connectivity index (χ3v) is 5.78. The van der Waals surface area contributed by atoms with Crippen LogP contribution in [0.4, 0.5) is 39.4 Å². The number of alkyl halides is 3. The summed E-state index contributed by atoms with van der Waals surface area (Å²) in [5.74, 6) is -0.720. The smallest absolute Gasteiger partial charge is 0.371 e. The highest BCUT2D eigenvalue weighted by atomic mass is 19.4. The van der Waals surface area contributed by atoms with Gasteiger partial charge in [0.1, 0.15) is 5.82 Å². The molecule has 0 saturated carbocycles. The van der Waals surface area contributed by atoms with E-state index in [2.05, 4.69) is 20.9 Å². The molecule has 1 heterocycles. The molecule has 1 fully saturated rings. The highest BCUT2D eigenvalue weighted by Crippen LogP contribution is 2.30. The van der Waals surface area contributed by atoms with Crippen LogP contribution in [-0.4, -0.2) is 25.0 Å². The predicted molar refractivity (Wildman–Crippen MR) is 130 cm³/mol. The number of carbonyl (C=O) groups excluding carboxylic acids is 2. The lowest BCUT2D eigenvalue weighted by atomic mass is 10.1. The molecule has 0 unspecified atom stereocenters. The maximum Gasteiger partial charge on any atom is 0.416 e. The van der Waals surface area contributed by atoms with Crippen molar-refractivity contribution in [2.24, 2.45) is 0 Å². The number of hydrogen-bond acceptors (Lipinski definition) is 3. The maximum absolute atomic E-state index is 13.1. The molecule has 0 spiro atoms. The monoisotopic (exact) mass is 500 g/mol. The van der Waals surface area contributed by atoms with Crippen molar-refractivity contribution >= 4 is 29.0 Å². The van der Waals surface area contributed by atoms with Crippen molar-refractivity contribution in [1.29, 1.82) is 0 Å². The molecule has 36 heavy (non-hydrogen) atoms. The second-order valence-electron chi connectivity index (χ2n) is 8.39. The molecule has 6 nitrogen and oxygen atoms in total. The minimum absolute atomic E-state index is 0.187. The van der Waals surface area contributed by atoms with Crippen LogP contribution in [0.25, 0.3) is 0 Å². The predicted octanol–water partition coefficient (Wildman–Crippen LogP) is 6.02. The van der Waals surface area contributed by atoms with Crippen molar-refractivity contribution in [2.75, 3.05) is 28.6 Å².